The third-order valence-electron chi connectivity index (χ3n) is 3.01. The zero-order valence-electron chi connectivity index (χ0n) is 10.3. The van der Waals surface area contributed by atoms with Crippen molar-refractivity contribution in [2.45, 2.75) is 16.7 Å². The maximum atomic E-state index is 11.9. The molecule has 19 heavy (non-hydrogen) atoms. The van der Waals surface area contributed by atoms with Gasteiger partial charge < -0.3 is 0 Å². The summed E-state index contributed by atoms with van der Waals surface area (Å²) in [6.45, 7) is 0. The maximum Gasteiger partial charge on any atom is 0.266 e. The van der Waals surface area contributed by atoms with Crippen LogP contribution in [0.3, 0.4) is 0 Å². The molecule has 1 aliphatic rings. The lowest BCUT2D eigenvalue weighted by molar-refractivity contribution is 0.0930. The summed E-state index contributed by atoms with van der Waals surface area (Å²) in [6.07, 6.45) is 0.861. The van der Waals surface area contributed by atoms with Gasteiger partial charge in [0, 0.05) is 4.90 Å². The minimum absolute atomic E-state index is 0.0707. The van der Waals surface area contributed by atoms with E-state index in [-0.39, 0.29) is 11.3 Å². The second kappa shape index (κ2) is 5.47. The average molecular weight is 270 g/mol. The Hall–Kier alpha value is -1.78. The van der Waals surface area contributed by atoms with E-state index in [4.69, 9.17) is 0 Å². The van der Waals surface area contributed by atoms with Crippen molar-refractivity contribution < 1.29 is 4.79 Å². The Morgan fingerprint density at radius 1 is 1.00 bits per heavy atom. The smallest absolute Gasteiger partial charge is 0.266 e. The lowest BCUT2D eigenvalue weighted by atomic mass is 10.1. The fraction of sp³-hybridized carbons (Fsp3) is 0.133. The Labute approximate surface area is 116 Å². The molecule has 0 fully saturated rings. The van der Waals surface area contributed by atoms with Crippen molar-refractivity contribution in [2.24, 2.45) is 0 Å². The van der Waals surface area contributed by atoms with E-state index in [9.17, 15) is 4.79 Å². The number of hydrazine groups is 1. The van der Waals surface area contributed by atoms with Crippen LogP contribution in [-0.2, 0) is 6.42 Å². The normalized spacial score (nSPS) is 18.3. The zero-order valence-corrected chi connectivity index (χ0v) is 11.1. The summed E-state index contributed by atoms with van der Waals surface area (Å²) >= 11 is 1.68. The third kappa shape index (κ3) is 2.80. The highest BCUT2D eigenvalue weighted by Gasteiger charge is 2.21. The number of rotatable bonds is 2. The number of carbonyl (C=O) groups is 1. The Morgan fingerprint density at radius 2 is 1.74 bits per heavy atom. The van der Waals surface area contributed by atoms with E-state index in [0.29, 0.717) is 0 Å². The number of carbonyl (C=O) groups excluding carboxylic acids is 1. The maximum absolute atomic E-state index is 11.9. The molecule has 1 unspecified atom stereocenters. The topological polar surface area (TPSA) is 41.1 Å². The van der Waals surface area contributed by atoms with E-state index in [2.05, 4.69) is 23.0 Å². The van der Waals surface area contributed by atoms with Crippen molar-refractivity contribution in [3.05, 3.63) is 65.7 Å². The highest BCUT2D eigenvalue weighted by atomic mass is 32.2. The van der Waals surface area contributed by atoms with E-state index in [1.165, 1.54) is 5.56 Å². The van der Waals surface area contributed by atoms with Crippen LogP contribution in [0.1, 0.15) is 15.9 Å². The molecule has 96 valence electrons. The van der Waals surface area contributed by atoms with Crippen LogP contribution in [0.2, 0.25) is 0 Å². The predicted molar refractivity (Wildman–Crippen MR) is 76.8 cm³/mol. The summed E-state index contributed by atoms with van der Waals surface area (Å²) in [5.41, 5.74) is 7.83. The first-order valence-corrected chi connectivity index (χ1v) is 7.06. The van der Waals surface area contributed by atoms with Gasteiger partial charge in [-0.1, -0.05) is 42.5 Å². The van der Waals surface area contributed by atoms with Gasteiger partial charge in [0.1, 0.15) is 0 Å². The number of hydrogen-bond donors (Lipinski definition) is 2. The van der Waals surface area contributed by atoms with Crippen molar-refractivity contribution in [2.75, 3.05) is 0 Å². The molecular weight excluding hydrogens is 256 g/mol. The Kier molecular flexibility index (Phi) is 3.53. The molecule has 0 bridgehead atoms. The fourth-order valence-corrected chi connectivity index (χ4v) is 3.22. The molecule has 1 aliphatic heterocycles. The first kappa shape index (κ1) is 12.3. The first-order valence-electron chi connectivity index (χ1n) is 6.18. The van der Waals surface area contributed by atoms with Crippen molar-refractivity contribution in [3.63, 3.8) is 0 Å². The molecule has 2 N–H and O–H groups in total. The largest absolute Gasteiger partial charge is 0.286 e. The molecule has 0 aromatic heterocycles. The second-order valence-corrected chi connectivity index (χ2v) is 5.64. The van der Waals surface area contributed by atoms with Crippen molar-refractivity contribution in [1.29, 1.82) is 0 Å². The van der Waals surface area contributed by atoms with Crippen molar-refractivity contribution >= 4 is 17.7 Å². The zero-order chi connectivity index (χ0) is 13.1. The number of amides is 1. The van der Waals surface area contributed by atoms with Crippen LogP contribution in [-0.4, -0.2) is 11.3 Å². The third-order valence-corrected chi connectivity index (χ3v) is 4.19. The van der Waals surface area contributed by atoms with E-state index in [1.54, 1.807) is 11.8 Å². The van der Waals surface area contributed by atoms with Gasteiger partial charge in [-0.3, -0.25) is 10.2 Å². The number of hydrogen-bond acceptors (Lipinski definition) is 3. The molecular formula is C15H14N2OS. The summed E-state index contributed by atoms with van der Waals surface area (Å²) in [5, 5.41) is 0.134. The van der Waals surface area contributed by atoms with E-state index in [1.807, 2.05) is 42.5 Å². The minimum atomic E-state index is -0.0707. The molecule has 4 heteroatoms. The molecule has 0 radical (unpaired) electrons. The number of benzene rings is 2. The van der Waals surface area contributed by atoms with Gasteiger partial charge in [0.15, 0.2) is 0 Å². The van der Waals surface area contributed by atoms with E-state index >= 15 is 0 Å². The molecule has 3 rings (SSSR count). The fourth-order valence-electron chi connectivity index (χ4n) is 2.07. The molecule has 0 spiro atoms. The average Bonchev–Trinajstić information content (AvgIpc) is 2.60. The number of nitrogens with one attached hydrogen (secondary N) is 2. The summed E-state index contributed by atoms with van der Waals surface area (Å²) in [4.78, 5) is 12.9. The summed E-state index contributed by atoms with van der Waals surface area (Å²) < 4.78 is 0. The van der Waals surface area contributed by atoms with Crippen LogP contribution >= 0.6 is 11.8 Å². The Bertz CT molecular complexity index is 586. The van der Waals surface area contributed by atoms with Crippen LogP contribution in [0.4, 0.5) is 0 Å². The van der Waals surface area contributed by atoms with Gasteiger partial charge in [0.2, 0.25) is 0 Å². The van der Waals surface area contributed by atoms with Crippen LogP contribution in [0.15, 0.2) is 59.5 Å². The minimum Gasteiger partial charge on any atom is -0.286 e. The quantitative estimate of drug-likeness (QED) is 0.881. The molecule has 0 saturated carbocycles. The standard InChI is InChI=1S/C15H14N2OS/c18-15-12-8-4-5-9-13(12)19-14(16-17-15)10-11-6-2-1-3-7-11/h1-9,14,16H,10H2,(H,17,18). The number of fused-ring (bicyclic) bond motifs is 1. The first-order chi connectivity index (χ1) is 9.33. The summed E-state index contributed by atoms with van der Waals surface area (Å²) in [5.74, 6) is -0.0707. The molecule has 1 atom stereocenters. The van der Waals surface area contributed by atoms with Gasteiger partial charge in [-0.05, 0) is 24.1 Å². The molecule has 2 aromatic rings. The monoisotopic (exact) mass is 270 g/mol. The van der Waals surface area contributed by atoms with Gasteiger partial charge >= 0.3 is 0 Å². The van der Waals surface area contributed by atoms with E-state index < -0.39 is 0 Å². The van der Waals surface area contributed by atoms with Gasteiger partial charge in [-0.15, -0.1) is 11.8 Å². The van der Waals surface area contributed by atoms with Gasteiger partial charge in [-0.25, -0.2) is 5.43 Å². The lowest BCUT2D eigenvalue weighted by Gasteiger charge is -2.15. The van der Waals surface area contributed by atoms with Gasteiger partial charge in [-0.2, -0.15) is 0 Å². The number of thioether (sulfide) groups is 1. The van der Waals surface area contributed by atoms with E-state index in [0.717, 1.165) is 16.9 Å². The molecule has 3 nitrogen and oxygen atoms in total. The molecule has 2 aromatic carbocycles. The van der Waals surface area contributed by atoms with Crippen molar-refractivity contribution in [1.82, 2.24) is 10.9 Å². The van der Waals surface area contributed by atoms with Crippen molar-refractivity contribution in [3.8, 4) is 0 Å². The molecule has 0 saturated heterocycles. The lowest BCUT2D eigenvalue weighted by Crippen LogP contribution is -2.41. The van der Waals surface area contributed by atoms with Gasteiger partial charge in [0.25, 0.3) is 5.91 Å². The van der Waals surface area contributed by atoms with Crippen LogP contribution in [0.25, 0.3) is 0 Å². The molecule has 0 aliphatic carbocycles. The Balaban J connectivity index is 1.81. The van der Waals surface area contributed by atoms with Gasteiger partial charge in [0.05, 0.1) is 10.9 Å². The Morgan fingerprint density at radius 3 is 2.58 bits per heavy atom. The SMILES string of the molecule is O=C1NNC(Cc2ccccc2)Sc2ccccc21. The summed E-state index contributed by atoms with van der Waals surface area (Å²) in [7, 11) is 0. The second-order valence-electron chi connectivity index (χ2n) is 4.39. The molecule has 1 amide bonds. The van der Waals surface area contributed by atoms with Crippen LogP contribution < -0.4 is 10.9 Å². The van der Waals surface area contributed by atoms with Crippen LogP contribution in [0, 0.1) is 0 Å². The highest BCUT2D eigenvalue weighted by molar-refractivity contribution is 8.00. The van der Waals surface area contributed by atoms with Crippen LogP contribution in [0.5, 0.6) is 0 Å². The highest BCUT2D eigenvalue weighted by Crippen LogP contribution is 2.29. The molecule has 1 heterocycles. The summed E-state index contributed by atoms with van der Waals surface area (Å²) in [6, 6.07) is 18.0. The predicted octanol–water partition coefficient (Wildman–Crippen LogP) is 2.60.